The highest BCUT2D eigenvalue weighted by Gasteiger charge is 2.28. The van der Waals surface area contributed by atoms with Gasteiger partial charge in [-0.15, -0.1) is 0 Å². The molecule has 0 N–H and O–H groups in total. The Morgan fingerprint density at radius 2 is 1.80 bits per heavy atom. The maximum absolute atomic E-state index is 12.7. The Hall–Kier alpha value is -4.23. The number of fused-ring (bicyclic) bond motifs is 2. The fourth-order valence-electron chi connectivity index (χ4n) is 5.70. The molecule has 0 saturated carbocycles. The minimum Gasteiger partial charge on any atom is -0.492 e. The predicted molar refractivity (Wildman–Crippen MR) is 159 cm³/mol. The summed E-state index contributed by atoms with van der Waals surface area (Å²) in [5.74, 6) is 0.968. The minimum absolute atomic E-state index is 0.107. The van der Waals surface area contributed by atoms with Gasteiger partial charge in [-0.25, -0.2) is 4.98 Å². The number of piperazine rings is 1. The number of aromatic nitrogens is 2. The molecule has 2 aromatic heterocycles. The summed E-state index contributed by atoms with van der Waals surface area (Å²) < 4.78 is 7.78. The smallest absolute Gasteiger partial charge is 0.254 e. The van der Waals surface area contributed by atoms with Crippen molar-refractivity contribution in [3.8, 4) is 28.1 Å². The zero-order valence-electron chi connectivity index (χ0n) is 23.3. The second kappa shape index (κ2) is 10.7. The molecule has 204 valence electrons. The van der Waals surface area contributed by atoms with Gasteiger partial charge in [0, 0.05) is 61.5 Å². The highest BCUT2D eigenvalue weighted by atomic mass is 16.5. The third-order valence-electron chi connectivity index (χ3n) is 8.17. The highest BCUT2D eigenvalue weighted by molar-refractivity contribution is 5.89. The summed E-state index contributed by atoms with van der Waals surface area (Å²) in [5.41, 5.74) is 7.04. The van der Waals surface area contributed by atoms with Crippen LogP contribution in [0.2, 0.25) is 0 Å². The number of carbonyl (C=O) groups is 1. The second-order valence-corrected chi connectivity index (χ2v) is 10.6. The standard InChI is InChI=1S/C33H34N4O3/c1-4-36-21-29(27-6-5-7-28(27)33(36)39)24-10-14-31-25(20-24)11-15-30(34-31)23-8-12-26(13-9-23)40-19-18-37-17-16-35(3)32(38)22(37)2/h5-6,8-15,20-22H,4,7,16-19H2,1-3H3/t22-/m1/s1. The molecule has 1 saturated heterocycles. The van der Waals surface area contributed by atoms with Crippen LogP contribution < -0.4 is 10.3 Å². The van der Waals surface area contributed by atoms with Crippen molar-refractivity contribution in [2.75, 3.05) is 33.3 Å². The van der Waals surface area contributed by atoms with Crippen molar-refractivity contribution in [1.29, 1.82) is 0 Å². The lowest BCUT2D eigenvalue weighted by Gasteiger charge is -2.37. The molecule has 0 radical (unpaired) electrons. The normalized spacial score (nSPS) is 17.0. The lowest BCUT2D eigenvalue weighted by molar-refractivity contribution is -0.139. The molecule has 0 spiro atoms. The van der Waals surface area contributed by atoms with Gasteiger partial charge in [-0.3, -0.25) is 14.5 Å². The van der Waals surface area contributed by atoms with Crippen molar-refractivity contribution < 1.29 is 9.53 Å². The Morgan fingerprint density at radius 1 is 1.00 bits per heavy atom. The molecule has 1 atom stereocenters. The number of hydrogen-bond donors (Lipinski definition) is 0. The largest absolute Gasteiger partial charge is 0.492 e. The zero-order chi connectivity index (χ0) is 27.8. The quantitative estimate of drug-likeness (QED) is 0.339. The molecule has 2 aliphatic rings. The van der Waals surface area contributed by atoms with E-state index in [0.29, 0.717) is 19.6 Å². The van der Waals surface area contributed by atoms with Gasteiger partial charge in [0.15, 0.2) is 0 Å². The number of hydrogen-bond acceptors (Lipinski definition) is 5. The van der Waals surface area contributed by atoms with Crippen LogP contribution in [0.5, 0.6) is 5.75 Å². The third kappa shape index (κ3) is 4.82. The number of carbonyl (C=O) groups excluding carboxylic acids is 1. The molecule has 1 aliphatic carbocycles. The van der Waals surface area contributed by atoms with Crippen LogP contribution in [0.25, 0.3) is 39.4 Å². The van der Waals surface area contributed by atoms with E-state index in [1.54, 1.807) is 9.47 Å². The van der Waals surface area contributed by atoms with Crippen molar-refractivity contribution in [3.05, 3.63) is 88.4 Å². The van der Waals surface area contributed by atoms with Gasteiger partial charge in [-0.05, 0) is 73.9 Å². The Labute approximate surface area is 234 Å². The predicted octanol–water partition coefficient (Wildman–Crippen LogP) is 4.86. The first kappa shape index (κ1) is 26.0. The van der Waals surface area contributed by atoms with Crippen molar-refractivity contribution in [2.45, 2.75) is 32.9 Å². The molecule has 3 heterocycles. The van der Waals surface area contributed by atoms with Crippen LogP contribution in [0.4, 0.5) is 0 Å². The van der Waals surface area contributed by atoms with E-state index in [1.165, 1.54) is 0 Å². The number of allylic oxidation sites excluding steroid dienone is 1. The van der Waals surface area contributed by atoms with Gasteiger partial charge in [-0.1, -0.05) is 24.3 Å². The van der Waals surface area contributed by atoms with E-state index in [9.17, 15) is 9.59 Å². The Bertz CT molecular complexity index is 1670. The second-order valence-electron chi connectivity index (χ2n) is 10.6. The van der Waals surface area contributed by atoms with Gasteiger partial charge in [0.25, 0.3) is 5.56 Å². The molecule has 7 heteroatoms. The summed E-state index contributed by atoms with van der Waals surface area (Å²) in [6.07, 6.45) is 6.81. The molecule has 6 rings (SSSR count). The fourth-order valence-corrected chi connectivity index (χ4v) is 5.70. The molecule has 4 aromatic rings. The molecule has 1 amide bonds. The van der Waals surface area contributed by atoms with Crippen LogP contribution >= 0.6 is 0 Å². The first-order valence-electron chi connectivity index (χ1n) is 14.0. The SMILES string of the molecule is CCn1cc(-c2ccc3nc(-c4ccc(OCCN5CCN(C)C(=O)[C@H]5C)cc4)ccc3c2)c2c(c1=O)CC=C2. The van der Waals surface area contributed by atoms with Gasteiger partial charge >= 0.3 is 0 Å². The van der Waals surface area contributed by atoms with E-state index in [2.05, 4.69) is 41.3 Å². The van der Waals surface area contributed by atoms with Gasteiger partial charge in [0.2, 0.25) is 5.91 Å². The van der Waals surface area contributed by atoms with Gasteiger partial charge < -0.3 is 14.2 Å². The number of nitrogens with zero attached hydrogens (tertiary/aromatic N) is 4. The summed E-state index contributed by atoms with van der Waals surface area (Å²) in [6.45, 7) is 7.48. The molecule has 2 aromatic carbocycles. The van der Waals surface area contributed by atoms with Crippen LogP contribution in [0.1, 0.15) is 25.0 Å². The monoisotopic (exact) mass is 534 g/mol. The van der Waals surface area contributed by atoms with Crippen LogP contribution in [0.3, 0.4) is 0 Å². The third-order valence-corrected chi connectivity index (χ3v) is 8.17. The van der Waals surface area contributed by atoms with E-state index in [-0.39, 0.29) is 17.5 Å². The highest BCUT2D eigenvalue weighted by Crippen LogP contribution is 2.32. The van der Waals surface area contributed by atoms with E-state index < -0.39 is 0 Å². The Morgan fingerprint density at radius 3 is 2.60 bits per heavy atom. The maximum atomic E-state index is 12.7. The van der Waals surface area contributed by atoms with Crippen LogP contribution in [-0.4, -0.2) is 64.6 Å². The lowest BCUT2D eigenvalue weighted by Crippen LogP contribution is -2.55. The van der Waals surface area contributed by atoms with Gasteiger partial charge in [-0.2, -0.15) is 0 Å². The number of rotatable bonds is 7. The zero-order valence-corrected chi connectivity index (χ0v) is 23.3. The fraction of sp³-hybridized carbons (Fsp3) is 0.303. The average Bonchev–Trinajstić information content (AvgIpc) is 3.48. The number of pyridine rings is 2. The number of benzene rings is 2. The first-order valence-corrected chi connectivity index (χ1v) is 14.0. The molecule has 1 fully saturated rings. The van der Waals surface area contributed by atoms with Crippen molar-refractivity contribution in [3.63, 3.8) is 0 Å². The van der Waals surface area contributed by atoms with E-state index in [0.717, 1.165) is 69.8 Å². The van der Waals surface area contributed by atoms with Crippen LogP contribution in [0, 0.1) is 0 Å². The van der Waals surface area contributed by atoms with Crippen molar-refractivity contribution in [2.24, 2.45) is 0 Å². The maximum Gasteiger partial charge on any atom is 0.254 e. The Kier molecular flexibility index (Phi) is 6.98. The molecule has 1 aliphatic heterocycles. The van der Waals surface area contributed by atoms with Crippen molar-refractivity contribution >= 4 is 22.9 Å². The number of likely N-dealkylation sites (N-methyl/N-ethyl adjacent to an activating group) is 1. The van der Waals surface area contributed by atoms with E-state index in [4.69, 9.17) is 9.72 Å². The molecule has 0 bridgehead atoms. The average molecular weight is 535 g/mol. The summed E-state index contributed by atoms with van der Waals surface area (Å²) in [4.78, 5) is 33.8. The molecule has 7 nitrogen and oxygen atoms in total. The van der Waals surface area contributed by atoms with Gasteiger partial charge in [0.1, 0.15) is 12.4 Å². The molecular formula is C33H34N4O3. The molecule has 0 unspecified atom stereocenters. The van der Waals surface area contributed by atoms with Gasteiger partial charge in [0.05, 0.1) is 17.3 Å². The minimum atomic E-state index is -0.108. The summed E-state index contributed by atoms with van der Waals surface area (Å²) in [7, 11) is 1.86. The van der Waals surface area contributed by atoms with E-state index in [1.807, 2.05) is 57.4 Å². The molecular weight excluding hydrogens is 500 g/mol. The summed E-state index contributed by atoms with van der Waals surface area (Å²) in [5, 5.41) is 1.06. The topological polar surface area (TPSA) is 67.7 Å². The summed E-state index contributed by atoms with van der Waals surface area (Å²) in [6, 6.07) is 18.4. The van der Waals surface area contributed by atoms with Crippen LogP contribution in [0.15, 0.2) is 71.7 Å². The van der Waals surface area contributed by atoms with Crippen molar-refractivity contribution in [1.82, 2.24) is 19.4 Å². The lowest BCUT2D eigenvalue weighted by atomic mass is 9.98. The van der Waals surface area contributed by atoms with E-state index >= 15 is 0 Å². The molecule has 40 heavy (non-hydrogen) atoms. The Balaban J connectivity index is 1.16. The van der Waals surface area contributed by atoms with Crippen LogP contribution in [-0.2, 0) is 17.8 Å². The number of aryl methyl sites for hydroxylation is 1. The number of amides is 1. The first-order chi connectivity index (χ1) is 19.4. The number of ether oxygens (including phenoxy) is 1. The summed E-state index contributed by atoms with van der Waals surface area (Å²) >= 11 is 0.